The molecular weight excluding hydrogens is 362 g/mol. The number of carboxylic acids is 1. The van der Waals surface area contributed by atoms with E-state index in [0.717, 1.165) is 49.5 Å². The fraction of sp³-hybridized carbons (Fsp3) is 0.300. The van der Waals surface area contributed by atoms with Crippen LogP contribution < -0.4 is 10.2 Å². The summed E-state index contributed by atoms with van der Waals surface area (Å²) in [6.07, 6.45) is 0.791. The summed E-state index contributed by atoms with van der Waals surface area (Å²) in [4.78, 5) is 15.6. The van der Waals surface area contributed by atoms with Crippen molar-refractivity contribution in [3.8, 4) is 5.75 Å². The van der Waals surface area contributed by atoms with E-state index in [2.05, 4.69) is 15.1 Å². The van der Waals surface area contributed by atoms with Gasteiger partial charge in [0.1, 0.15) is 5.75 Å². The molecule has 0 bridgehead atoms. The third-order valence-electron chi connectivity index (χ3n) is 4.76. The van der Waals surface area contributed by atoms with Crippen molar-refractivity contribution < 1.29 is 15.0 Å². The van der Waals surface area contributed by atoms with Crippen LogP contribution >= 0.6 is 12.2 Å². The van der Waals surface area contributed by atoms with Gasteiger partial charge < -0.3 is 25.3 Å². The summed E-state index contributed by atoms with van der Waals surface area (Å²) in [5.41, 5.74) is 3.11. The van der Waals surface area contributed by atoms with Crippen molar-refractivity contribution in [3.05, 3.63) is 53.6 Å². The lowest BCUT2D eigenvalue weighted by Crippen LogP contribution is -2.50. The molecule has 1 heterocycles. The second-order valence-corrected chi connectivity index (χ2v) is 6.84. The highest BCUT2D eigenvalue weighted by atomic mass is 32.1. The summed E-state index contributed by atoms with van der Waals surface area (Å²) >= 11 is 5.56. The summed E-state index contributed by atoms with van der Waals surface area (Å²) in [6, 6.07) is 12.3. The molecule has 0 aromatic heterocycles. The number of phenols is 1. The molecular formula is C20H23N3O3S. The number of nitrogens with zero attached hydrogens (tertiary/aromatic N) is 2. The van der Waals surface area contributed by atoms with E-state index in [0.29, 0.717) is 5.11 Å². The number of hydrogen-bond acceptors (Lipinski definition) is 4. The molecule has 3 N–H and O–H groups in total. The molecule has 1 aliphatic heterocycles. The first kappa shape index (κ1) is 19.0. The number of benzene rings is 2. The molecule has 6 nitrogen and oxygen atoms in total. The third-order valence-corrected chi connectivity index (χ3v) is 5.12. The summed E-state index contributed by atoms with van der Waals surface area (Å²) in [6.45, 7) is 5.21. The summed E-state index contributed by atoms with van der Waals surface area (Å²) in [5.74, 6) is -0.688. The van der Waals surface area contributed by atoms with Gasteiger partial charge in [0.15, 0.2) is 5.11 Å². The minimum atomic E-state index is -0.950. The summed E-state index contributed by atoms with van der Waals surface area (Å²) in [7, 11) is 0. The first-order valence-corrected chi connectivity index (χ1v) is 9.35. The minimum Gasteiger partial charge on any atom is -0.508 e. The maximum Gasteiger partial charge on any atom is 0.335 e. The smallest absolute Gasteiger partial charge is 0.335 e. The van der Waals surface area contributed by atoms with E-state index >= 15 is 0 Å². The van der Waals surface area contributed by atoms with E-state index in [1.165, 1.54) is 0 Å². The number of nitrogens with one attached hydrogen (secondary N) is 1. The van der Waals surface area contributed by atoms with Crippen LogP contribution in [0.1, 0.15) is 22.8 Å². The second kappa shape index (κ2) is 8.26. The predicted octanol–water partition coefficient (Wildman–Crippen LogP) is 3.17. The van der Waals surface area contributed by atoms with Gasteiger partial charge in [-0.15, -0.1) is 0 Å². The fourth-order valence-corrected chi connectivity index (χ4v) is 3.45. The number of hydrogen-bond donors (Lipinski definition) is 3. The predicted molar refractivity (Wildman–Crippen MR) is 111 cm³/mol. The van der Waals surface area contributed by atoms with Crippen LogP contribution in [0, 0.1) is 0 Å². The van der Waals surface area contributed by atoms with E-state index < -0.39 is 5.97 Å². The van der Waals surface area contributed by atoms with Crippen LogP contribution in [0.15, 0.2) is 42.5 Å². The van der Waals surface area contributed by atoms with E-state index in [4.69, 9.17) is 12.2 Å². The van der Waals surface area contributed by atoms with Gasteiger partial charge in [0.2, 0.25) is 0 Å². The molecule has 0 amide bonds. The lowest BCUT2D eigenvalue weighted by atomic mass is 10.1. The topological polar surface area (TPSA) is 76.0 Å². The fourth-order valence-electron chi connectivity index (χ4n) is 3.16. The van der Waals surface area contributed by atoms with Crippen molar-refractivity contribution in [2.45, 2.75) is 13.3 Å². The average molecular weight is 385 g/mol. The zero-order valence-corrected chi connectivity index (χ0v) is 16.0. The lowest BCUT2D eigenvalue weighted by Gasteiger charge is -2.37. The van der Waals surface area contributed by atoms with Crippen molar-refractivity contribution in [1.82, 2.24) is 4.90 Å². The molecule has 2 aromatic rings. The highest BCUT2D eigenvalue weighted by molar-refractivity contribution is 7.80. The number of rotatable bonds is 4. The zero-order chi connectivity index (χ0) is 19.4. The van der Waals surface area contributed by atoms with Crippen molar-refractivity contribution in [1.29, 1.82) is 0 Å². The third kappa shape index (κ3) is 4.49. The second-order valence-electron chi connectivity index (χ2n) is 6.45. The largest absolute Gasteiger partial charge is 0.508 e. The Balaban J connectivity index is 1.63. The number of aromatic hydroxyl groups is 1. The highest BCUT2D eigenvalue weighted by Crippen LogP contribution is 2.22. The molecule has 0 saturated carbocycles. The molecule has 3 rings (SSSR count). The normalized spacial score (nSPS) is 14.1. The Morgan fingerprint density at radius 2 is 1.78 bits per heavy atom. The van der Waals surface area contributed by atoms with Crippen LogP contribution in [0.3, 0.4) is 0 Å². The molecule has 2 aromatic carbocycles. The number of piperazine rings is 1. The van der Waals surface area contributed by atoms with Gasteiger partial charge in [-0.2, -0.15) is 0 Å². The van der Waals surface area contributed by atoms with Crippen LogP contribution in [0.2, 0.25) is 0 Å². The van der Waals surface area contributed by atoms with Crippen LogP contribution in [0.25, 0.3) is 0 Å². The highest BCUT2D eigenvalue weighted by Gasteiger charge is 2.20. The van der Waals surface area contributed by atoms with E-state index in [1.807, 2.05) is 25.1 Å². The Morgan fingerprint density at radius 3 is 2.37 bits per heavy atom. The average Bonchev–Trinajstić information content (AvgIpc) is 2.68. The molecule has 1 aliphatic rings. The molecule has 7 heteroatoms. The first-order chi connectivity index (χ1) is 13.0. The van der Waals surface area contributed by atoms with Crippen LogP contribution in [-0.4, -0.2) is 52.4 Å². The van der Waals surface area contributed by atoms with Gasteiger partial charge in [0.25, 0.3) is 0 Å². The minimum absolute atomic E-state index is 0.245. The number of aryl methyl sites for hydroxylation is 1. The number of aromatic carboxylic acids is 1. The summed E-state index contributed by atoms with van der Waals surface area (Å²) < 4.78 is 0. The van der Waals surface area contributed by atoms with Crippen molar-refractivity contribution in [2.24, 2.45) is 0 Å². The first-order valence-electron chi connectivity index (χ1n) is 8.94. The van der Waals surface area contributed by atoms with Gasteiger partial charge >= 0.3 is 5.97 Å². The molecule has 142 valence electrons. The molecule has 27 heavy (non-hydrogen) atoms. The number of thiocarbonyl (C=S) groups is 1. The number of carboxylic acid groups (broad SMARTS) is 1. The zero-order valence-electron chi connectivity index (χ0n) is 15.2. The molecule has 1 fully saturated rings. The van der Waals surface area contributed by atoms with Crippen LogP contribution in [0.5, 0.6) is 5.75 Å². The van der Waals surface area contributed by atoms with Crippen molar-refractivity contribution in [3.63, 3.8) is 0 Å². The number of carbonyl (C=O) groups is 1. The molecule has 0 aliphatic carbocycles. The number of phenolic OH excluding ortho intramolecular Hbond substituents is 1. The van der Waals surface area contributed by atoms with Crippen molar-refractivity contribution >= 4 is 34.7 Å². The molecule has 0 atom stereocenters. The van der Waals surface area contributed by atoms with E-state index in [-0.39, 0.29) is 11.3 Å². The quantitative estimate of drug-likeness (QED) is 0.698. The van der Waals surface area contributed by atoms with Gasteiger partial charge in [-0.3, -0.25) is 0 Å². The number of anilines is 2. The van der Waals surface area contributed by atoms with Gasteiger partial charge in [-0.25, -0.2) is 4.79 Å². The Hall–Kier alpha value is -2.80. The molecule has 0 spiro atoms. The summed E-state index contributed by atoms with van der Waals surface area (Å²) in [5, 5.41) is 22.5. The van der Waals surface area contributed by atoms with Crippen molar-refractivity contribution in [2.75, 3.05) is 36.4 Å². The Bertz CT molecular complexity index is 831. The maximum absolute atomic E-state index is 11.2. The monoisotopic (exact) mass is 385 g/mol. The van der Waals surface area contributed by atoms with Crippen LogP contribution in [0.4, 0.5) is 11.4 Å². The Kier molecular flexibility index (Phi) is 5.81. The van der Waals surface area contributed by atoms with Gasteiger partial charge in [0, 0.05) is 37.6 Å². The van der Waals surface area contributed by atoms with Gasteiger partial charge in [-0.1, -0.05) is 13.0 Å². The molecule has 0 unspecified atom stereocenters. The standard InChI is InChI=1S/C20H23N3O3S/c1-2-14-3-4-15(19(25)26)13-18(14)21-20(27)23-11-9-22(10-12-23)16-5-7-17(24)8-6-16/h3-8,13,24H,2,9-12H2,1H3,(H,21,27)(H,25,26). The molecule has 1 saturated heterocycles. The van der Waals surface area contributed by atoms with E-state index in [9.17, 15) is 15.0 Å². The Morgan fingerprint density at radius 1 is 1.11 bits per heavy atom. The Labute approximate surface area is 164 Å². The van der Waals surface area contributed by atoms with Crippen LogP contribution in [-0.2, 0) is 6.42 Å². The van der Waals surface area contributed by atoms with E-state index in [1.54, 1.807) is 24.3 Å². The SMILES string of the molecule is CCc1ccc(C(=O)O)cc1NC(=S)N1CCN(c2ccc(O)cc2)CC1. The lowest BCUT2D eigenvalue weighted by molar-refractivity contribution is 0.0697. The van der Waals surface area contributed by atoms with Gasteiger partial charge in [0.05, 0.1) is 5.56 Å². The molecule has 0 radical (unpaired) electrons. The maximum atomic E-state index is 11.2. The van der Waals surface area contributed by atoms with Gasteiger partial charge in [-0.05, 0) is 60.6 Å².